The average Bonchev–Trinajstić information content (AvgIpc) is 2.55. The molecule has 0 radical (unpaired) electrons. The molecular formula is C19H17NOS. The van der Waals surface area contributed by atoms with Gasteiger partial charge in [0.25, 0.3) is 0 Å². The highest BCUT2D eigenvalue weighted by Gasteiger charge is 2.17. The normalized spacial score (nSPS) is 12.2. The molecule has 3 aromatic carbocycles. The average molecular weight is 307 g/mol. The standard InChI is InChI=1S/C19H17NOS/c20-19(21)18(12-14-6-2-1-3-7-14)22-17-11-10-15-8-4-5-9-16(15)13-17/h1-11,13,18H,12H2,(H2,20,21)/t18-/m0/s1. The van der Waals surface area contributed by atoms with Crippen LogP contribution < -0.4 is 5.73 Å². The molecule has 2 N–H and O–H groups in total. The van der Waals surface area contributed by atoms with E-state index >= 15 is 0 Å². The van der Waals surface area contributed by atoms with Crippen molar-refractivity contribution in [2.45, 2.75) is 16.6 Å². The van der Waals surface area contributed by atoms with Crippen LogP contribution in [0.5, 0.6) is 0 Å². The van der Waals surface area contributed by atoms with E-state index in [0.29, 0.717) is 6.42 Å². The molecule has 0 bridgehead atoms. The Labute approximate surface area is 134 Å². The predicted octanol–water partition coefficient (Wildman–Crippen LogP) is 4.03. The van der Waals surface area contributed by atoms with Gasteiger partial charge in [0.05, 0.1) is 5.25 Å². The third-order valence-corrected chi connectivity index (χ3v) is 4.79. The molecule has 1 atom stereocenters. The van der Waals surface area contributed by atoms with Crippen molar-refractivity contribution in [3.05, 3.63) is 78.4 Å². The Balaban J connectivity index is 1.81. The van der Waals surface area contributed by atoms with E-state index in [0.717, 1.165) is 10.5 Å². The largest absolute Gasteiger partial charge is 0.369 e. The summed E-state index contributed by atoms with van der Waals surface area (Å²) in [5, 5.41) is 2.12. The predicted molar refractivity (Wildman–Crippen MR) is 92.9 cm³/mol. The van der Waals surface area contributed by atoms with Crippen LogP contribution in [0.1, 0.15) is 5.56 Å². The monoisotopic (exact) mass is 307 g/mol. The Bertz CT molecular complexity index is 786. The molecule has 22 heavy (non-hydrogen) atoms. The molecule has 0 aliphatic heterocycles. The highest BCUT2D eigenvalue weighted by atomic mass is 32.2. The third-order valence-electron chi connectivity index (χ3n) is 3.58. The zero-order valence-electron chi connectivity index (χ0n) is 12.1. The van der Waals surface area contributed by atoms with Gasteiger partial charge in [-0.3, -0.25) is 4.79 Å². The molecule has 3 rings (SSSR count). The number of hydrogen-bond donors (Lipinski definition) is 1. The molecule has 3 heteroatoms. The zero-order valence-corrected chi connectivity index (χ0v) is 12.9. The molecule has 0 aromatic heterocycles. The minimum Gasteiger partial charge on any atom is -0.369 e. The minimum atomic E-state index is -0.276. The maximum atomic E-state index is 11.8. The zero-order chi connectivity index (χ0) is 15.4. The highest BCUT2D eigenvalue weighted by molar-refractivity contribution is 8.00. The van der Waals surface area contributed by atoms with Crippen LogP contribution in [-0.2, 0) is 11.2 Å². The summed E-state index contributed by atoms with van der Waals surface area (Å²) in [6.07, 6.45) is 0.646. The van der Waals surface area contributed by atoms with Gasteiger partial charge >= 0.3 is 0 Å². The maximum absolute atomic E-state index is 11.8. The number of nitrogens with two attached hydrogens (primary N) is 1. The Kier molecular flexibility index (Phi) is 4.45. The van der Waals surface area contributed by atoms with E-state index in [4.69, 9.17) is 5.73 Å². The Hall–Kier alpha value is -2.26. The van der Waals surface area contributed by atoms with Crippen LogP contribution in [0.15, 0.2) is 77.7 Å². The number of carbonyl (C=O) groups is 1. The van der Waals surface area contributed by atoms with Crippen molar-refractivity contribution in [2.75, 3.05) is 0 Å². The van der Waals surface area contributed by atoms with E-state index in [2.05, 4.69) is 24.3 Å². The van der Waals surface area contributed by atoms with E-state index in [1.165, 1.54) is 22.5 Å². The van der Waals surface area contributed by atoms with Crippen LogP contribution in [0, 0.1) is 0 Å². The molecule has 3 aromatic rings. The minimum absolute atomic E-state index is 0.261. The molecular weight excluding hydrogens is 290 g/mol. The second-order valence-electron chi connectivity index (χ2n) is 5.21. The Morgan fingerprint density at radius 2 is 1.59 bits per heavy atom. The summed E-state index contributed by atoms with van der Waals surface area (Å²) < 4.78 is 0. The summed E-state index contributed by atoms with van der Waals surface area (Å²) in [4.78, 5) is 12.8. The van der Waals surface area contributed by atoms with Crippen LogP contribution in [0.2, 0.25) is 0 Å². The van der Waals surface area contributed by atoms with Crippen LogP contribution in [0.25, 0.3) is 10.8 Å². The van der Waals surface area contributed by atoms with Gasteiger partial charge in [-0.25, -0.2) is 0 Å². The smallest absolute Gasteiger partial charge is 0.231 e. The second kappa shape index (κ2) is 6.67. The molecule has 0 spiro atoms. The lowest BCUT2D eigenvalue weighted by Crippen LogP contribution is -2.27. The van der Waals surface area contributed by atoms with Gasteiger partial charge in [0.15, 0.2) is 0 Å². The second-order valence-corrected chi connectivity index (χ2v) is 6.48. The van der Waals surface area contributed by atoms with Crippen molar-refractivity contribution in [1.82, 2.24) is 0 Å². The molecule has 110 valence electrons. The first-order valence-corrected chi connectivity index (χ1v) is 8.09. The first-order chi connectivity index (χ1) is 10.7. The van der Waals surface area contributed by atoms with Gasteiger partial charge in [-0.2, -0.15) is 0 Å². The number of primary amides is 1. The first-order valence-electron chi connectivity index (χ1n) is 7.21. The summed E-state index contributed by atoms with van der Waals surface area (Å²) in [6, 6.07) is 24.4. The lowest BCUT2D eigenvalue weighted by molar-refractivity contribution is -0.117. The number of hydrogen-bond acceptors (Lipinski definition) is 2. The van der Waals surface area contributed by atoms with Gasteiger partial charge < -0.3 is 5.73 Å². The van der Waals surface area contributed by atoms with Crippen LogP contribution in [0.4, 0.5) is 0 Å². The van der Waals surface area contributed by atoms with Gasteiger partial charge in [0.1, 0.15) is 0 Å². The summed E-state index contributed by atoms with van der Waals surface area (Å²) >= 11 is 1.53. The fraction of sp³-hybridized carbons (Fsp3) is 0.105. The van der Waals surface area contributed by atoms with Crippen LogP contribution in [0.3, 0.4) is 0 Å². The van der Waals surface area contributed by atoms with Crippen molar-refractivity contribution < 1.29 is 4.79 Å². The molecule has 0 saturated carbocycles. The molecule has 1 amide bonds. The fourth-order valence-electron chi connectivity index (χ4n) is 2.43. The van der Waals surface area contributed by atoms with Crippen molar-refractivity contribution in [3.63, 3.8) is 0 Å². The van der Waals surface area contributed by atoms with Crippen molar-refractivity contribution in [3.8, 4) is 0 Å². The summed E-state index contributed by atoms with van der Waals surface area (Å²) in [5.41, 5.74) is 6.71. The summed E-state index contributed by atoms with van der Waals surface area (Å²) in [6.45, 7) is 0. The van der Waals surface area contributed by atoms with E-state index < -0.39 is 0 Å². The van der Waals surface area contributed by atoms with Crippen LogP contribution >= 0.6 is 11.8 Å². The number of thioether (sulfide) groups is 1. The molecule has 0 aliphatic carbocycles. The lowest BCUT2D eigenvalue weighted by Gasteiger charge is -2.13. The fourth-order valence-corrected chi connectivity index (χ4v) is 3.50. The highest BCUT2D eigenvalue weighted by Crippen LogP contribution is 2.28. The lowest BCUT2D eigenvalue weighted by atomic mass is 10.1. The Morgan fingerprint density at radius 1 is 0.909 bits per heavy atom. The molecule has 0 heterocycles. The number of amides is 1. The quantitative estimate of drug-likeness (QED) is 0.723. The van der Waals surface area contributed by atoms with Gasteiger partial charge in [-0.15, -0.1) is 11.8 Å². The van der Waals surface area contributed by atoms with E-state index in [9.17, 15) is 4.79 Å². The molecule has 0 unspecified atom stereocenters. The van der Waals surface area contributed by atoms with Crippen molar-refractivity contribution in [1.29, 1.82) is 0 Å². The molecule has 2 nitrogen and oxygen atoms in total. The molecule has 0 fully saturated rings. The number of carbonyl (C=O) groups excluding carboxylic acids is 1. The maximum Gasteiger partial charge on any atom is 0.231 e. The van der Waals surface area contributed by atoms with Gasteiger partial charge in [0, 0.05) is 4.90 Å². The number of benzene rings is 3. The van der Waals surface area contributed by atoms with E-state index in [-0.39, 0.29) is 11.2 Å². The first kappa shape index (κ1) is 14.7. The molecule has 0 aliphatic rings. The topological polar surface area (TPSA) is 43.1 Å². The molecule has 0 saturated heterocycles. The van der Waals surface area contributed by atoms with Gasteiger partial charge in [-0.1, -0.05) is 60.7 Å². The SMILES string of the molecule is NC(=O)[C@H](Cc1ccccc1)Sc1ccc2ccccc2c1. The van der Waals surface area contributed by atoms with Crippen molar-refractivity contribution >= 4 is 28.4 Å². The van der Waals surface area contributed by atoms with E-state index in [1.54, 1.807) is 0 Å². The number of fused-ring (bicyclic) bond motifs is 1. The van der Waals surface area contributed by atoms with Crippen LogP contribution in [-0.4, -0.2) is 11.2 Å². The summed E-state index contributed by atoms with van der Waals surface area (Å²) in [7, 11) is 0. The summed E-state index contributed by atoms with van der Waals surface area (Å²) in [5.74, 6) is -0.276. The third kappa shape index (κ3) is 3.49. The van der Waals surface area contributed by atoms with Gasteiger partial charge in [0.2, 0.25) is 5.91 Å². The Morgan fingerprint density at radius 3 is 2.32 bits per heavy atom. The van der Waals surface area contributed by atoms with Gasteiger partial charge in [-0.05, 0) is 34.9 Å². The van der Waals surface area contributed by atoms with Crippen molar-refractivity contribution in [2.24, 2.45) is 5.73 Å². The van der Waals surface area contributed by atoms with E-state index in [1.807, 2.05) is 48.5 Å². The number of rotatable bonds is 5.